The van der Waals surface area contributed by atoms with Crippen molar-refractivity contribution in [1.29, 1.82) is 0 Å². The fourth-order valence-corrected chi connectivity index (χ4v) is 8.97. The van der Waals surface area contributed by atoms with Gasteiger partial charge in [-0.25, -0.2) is 4.57 Å². The molecular weight excluding hydrogens is 798 g/mol. The first kappa shape index (κ1) is 61.0. The molecule has 0 saturated heterocycles. The first-order chi connectivity index (χ1) is 30.3. The van der Waals surface area contributed by atoms with Gasteiger partial charge in [-0.05, 0) is 12.8 Å². The van der Waals surface area contributed by atoms with E-state index in [1.54, 1.807) is 0 Å². The highest BCUT2D eigenvalue weighted by molar-refractivity contribution is 7.47. The molecule has 3 N–H and O–H groups in total. The van der Waals surface area contributed by atoms with Crippen molar-refractivity contribution >= 4 is 19.7 Å². The van der Waals surface area contributed by atoms with Crippen LogP contribution in [0.3, 0.4) is 0 Å². The summed E-state index contributed by atoms with van der Waals surface area (Å²) in [6.07, 6.45) is 53.4. The number of amides is 1. The van der Waals surface area contributed by atoms with Crippen LogP contribution in [0.15, 0.2) is 0 Å². The highest BCUT2D eigenvalue weighted by Gasteiger charge is 2.23. The number of hydrogen-bond acceptors (Lipinski definition) is 7. The first-order valence-corrected chi connectivity index (χ1v) is 28.5. The third kappa shape index (κ3) is 50.0. The average Bonchev–Trinajstić information content (AvgIpc) is 3.26. The van der Waals surface area contributed by atoms with E-state index in [0.29, 0.717) is 12.8 Å². The van der Waals surface area contributed by atoms with Crippen LogP contribution in [0.1, 0.15) is 290 Å². The maximum absolute atomic E-state index is 12.2. The van der Waals surface area contributed by atoms with Crippen LogP contribution in [-0.4, -0.2) is 54.3 Å². The van der Waals surface area contributed by atoms with Crippen molar-refractivity contribution in [3.05, 3.63) is 0 Å². The summed E-state index contributed by atoms with van der Waals surface area (Å²) in [5.74, 6) is -0.497. The van der Waals surface area contributed by atoms with Crippen LogP contribution >= 0.6 is 7.82 Å². The van der Waals surface area contributed by atoms with E-state index < -0.39 is 26.5 Å². The van der Waals surface area contributed by atoms with Crippen molar-refractivity contribution in [2.75, 3.05) is 26.4 Å². The highest BCUT2D eigenvalue weighted by atomic mass is 31.2. The number of phosphoric acid groups is 1. The molecule has 0 fully saturated rings. The van der Waals surface area contributed by atoms with Crippen molar-refractivity contribution in [3.63, 3.8) is 0 Å². The van der Waals surface area contributed by atoms with Crippen molar-refractivity contribution < 1.29 is 37.9 Å². The Morgan fingerprint density at radius 2 is 0.726 bits per heavy atom. The normalized spacial score (nSPS) is 13.0. The Morgan fingerprint density at radius 3 is 1.05 bits per heavy atom. The zero-order valence-corrected chi connectivity index (χ0v) is 42.0. The molecule has 0 rings (SSSR count). The number of rotatable bonds is 52. The quantitative estimate of drug-likeness (QED) is 0.0312. The van der Waals surface area contributed by atoms with Crippen LogP contribution in [0.2, 0.25) is 0 Å². The molecular formula is C52H104NO8P. The molecule has 0 aliphatic rings. The predicted octanol–water partition coefficient (Wildman–Crippen LogP) is 16.0. The van der Waals surface area contributed by atoms with Crippen LogP contribution in [0.4, 0.5) is 0 Å². The summed E-state index contributed by atoms with van der Waals surface area (Å²) in [4.78, 5) is 34.1. The predicted molar refractivity (Wildman–Crippen MR) is 262 cm³/mol. The fraction of sp³-hybridized carbons (Fsp3) is 0.962. The molecule has 0 radical (unpaired) electrons. The molecule has 0 aliphatic carbocycles. The van der Waals surface area contributed by atoms with Gasteiger partial charge in [0.15, 0.2) is 0 Å². The Labute approximate surface area is 384 Å². The molecule has 10 heteroatoms. The molecule has 2 atom stereocenters. The zero-order valence-electron chi connectivity index (χ0n) is 41.1. The number of nitrogens with one attached hydrogen (secondary N) is 1. The summed E-state index contributed by atoms with van der Waals surface area (Å²) in [5.41, 5.74) is 0. The van der Waals surface area contributed by atoms with E-state index in [9.17, 15) is 24.2 Å². The molecule has 2 unspecified atom stereocenters. The number of aliphatic hydroxyl groups is 1. The minimum atomic E-state index is -4.42. The van der Waals surface area contributed by atoms with Gasteiger partial charge in [-0.3, -0.25) is 18.6 Å². The monoisotopic (exact) mass is 902 g/mol. The van der Waals surface area contributed by atoms with Gasteiger partial charge in [0.1, 0.15) is 12.7 Å². The third-order valence-electron chi connectivity index (χ3n) is 12.3. The maximum atomic E-state index is 12.2. The van der Waals surface area contributed by atoms with Gasteiger partial charge in [0.25, 0.3) is 0 Å². The van der Waals surface area contributed by atoms with Crippen molar-refractivity contribution in [2.24, 2.45) is 0 Å². The Morgan fingerprint density at radius 1 is 0.435 bits per heavy atom. The highest BCUT2D eigenvalue weighted by Crippen LogP contribution is 2.42. The third-order valence-corrected chi connectivity index (χ3v) is 13.3. The van der Waals surface area contributed by atoms with Crippen molar-refractivity contribution in [3.8, 4) is 0 Å². The summed E-state index contributed by atoms with van der Waals surface area (Å²) in [6.45, 7) is 3.63. The number of aliphatic hydroxyl groups excluding tert-OH is 1. The molecule has 0 saturated carbocycles. The maximum Gasteiger partial charge on any atom is 0.472 e. The Bertz CT molecular complexity index is 984. The van der Waals surface area contributed by atoms with Crippen LogP contribution in [0, 0.1) is 0 Å². The summed E-state index contributed by atoms with van der Waals surface area (Å²) in [7, 11) is -4.42. The van der Waals surface area contributed by atoms with Gasteiger partial charge in [0.05, 0.1) is 13.2 Å². The molecule has 9 nitrogen and oxygen atoms in total. The molecule has 0 aromatic heterocycles. The summed E-state index contributed by atoms with van der Waals surface area (Å²) >= 11 is 0. The second kappa shape index (κ2) is 49.4. The van der Waals surface area contributed by atoms with E-state index in [-0.39, 0.29) is 25.7 Å². The lowest BCUT2D eigenvalue weighted by Crippen LogP contribution is -2.27. The number of phosphoric ester groups is 1. The Balaban J connectivity index is 3.48. The van der Waals surface area contributed by atoms with Gasteiger partial charge >= 0.3 is 13.8 Å². The van der Waals surface area contributed by atoms with Gasteiger partial charge in [-0.2, -0.15) is 0 Å². The number of carbonyl (C=O) groups excluding carboxylic acids is 2. The van der Waals surface area contributed by atoms with Gasteiger partial charge in [-0.15, -0.1) is 0 Å². The lowest BCUT2D eigenvalue weighted by Gasteiger charge is -2.15. The first-order valence-electron chi connectivity index (χ1n) is 27.0. The molecule has 0 spiro atoms. The molecule has 1 amide bonds. The smallest absolute Gasteiger partial charge is 0.463 e. The summed E-state index contributed by atoms with van der Waals surface area (Å²) in [6, 6.07) is 0. The molecule has 370 valence electrons. The topological polar surface area (TPSA) is 131 Å². The lowest BCUT2D eigenvalue weighted by molar-refractivity contribution is -0.147. The molecule has 62 heavy (non-hydrogen) atoms. The van der Waals surface area contributed by atoms with Gasteiger partial charge < -0.3 is 20.1 Å². The molecule has 0 aliphatic heterocycles. The van der Waals surface area contributed by atoms with Crippen LogP contribution < -0.4 is 5.32 Å². The second-order valence-electron chi connectivity index (χ2n) is 18.6. The van der Waals surface area contributed by atoms with Crippen molar-refractivity contribution in [1.82, 2.24) is 5.32 Å². The number of carbonyl (C=O) groups is 2. The van der Waals surface area contributed by atoms with Gasteiger partial charge in [0.2, 0.25) is 5.91 Å². The second-order valence-corrected chi connectivity index (χ2v) is 20.0. The largest absolute Gasteiger partial charge is 0.472 e. The molecule has 0 bridgehead atoms. The van der Waals surface area contributed by atoms with E-state index in [0.717, 1.165) is 38.5 Å². The Kier molecular flexibility index (Phi) is 48.7. The van der Waals surface area contributed by atoms with Gasteiger partial charge in [0, 0.05) is 19.4 Å². The van der Waals surface area contributed by atoms with Crippen LogP contribution in [0.25, 0.3) is 0 Å². The molecule has 0 aromatic carbocycles. The van der Waals surface area contributed by atoms with E-state index in [2.05, 4.69) is 19.2 Å². The minimum absolute atomic E-state index is 0.0888. The van der Waals surface area contributed by atoms with Crippen LogP contribution in [0.5, 0.6) is 0 Å². The average molecular weight is 902 g/mol. The number of hydrogen-bond donors (Lipinski definition) is 3. The van der Waals surface area contributed by atoms with Crippen LogP contribution in [-0.2, 0) is 27.9 Å². The van der Waals surface area contributed by atoms with E-state index in [4.69, 9.17) is 13.8 Å². The van der Waals surface area contributed by atoms with Gasteiger partial charge in [-0.1, -0.05) is 264 Å². The SMILES string of the molecule is CCCCCCCCCCCCCCCCCCCCCCCCCC(=O)OCC(O)COP(=O)(O)OCCNC(=O)CCCCCCCCCCCCCCCCCCCC. The zero-order chi connectivity index (χ0) is 45.3. The van der Waals surface area contributed by atoms with E-state index in [1.165, 1.54) is 225 Å². The fourth-order valence-electron chi connectivity index (χ4n) is 8.21. The lowest BCUT2D eigenvalue weighted by atomic mass is 10.0. The number of esters is 1. The van der Waals surface area contributed by atoms with E-state index in [1.807, 2.05) is 0 Å². The molecule has 0 heterocycles. The summed E-state index contributed by atoms with van der Waals surface area (Å²) in [5, 5.41) is 12.8. The van der Waals surface area contributed by atoms with E-state index >= 15 is 0 Å². The number of unbranched alkanes of at least 4 members (excludes halogenated alkanes) is 39. The molecule has 0 aromatic rings. The number of ether oxygens (including phenoxy) is 1. The Hall–Kier alpha value is -0.990. The summed E-state index contributed by atoms with van der Waals surface area (Å²) < 4.78 is 27.0. The van der Waals surface area contributed by atoms with Crippen molar-refractivity contribution in [2.45, 2.75) is 296 Å². The standard InChI is InChI=1S/C52H104NO8P/c1-3-5-7-9-11-13-15-17-19-21-23-24-25-26-27-29-31-33-35-37-39-41-43-45-52(56)59-48-50(54)49-61-62(57,58)60-47-46-53-51(55)44-42-40-38-36-34-32-30-28-22-20-18-16-14-12-10-8-6-4-2/h50,54H,3-49H2,1-2H3,(H,53,55)(H,57,58). The minimum Gasteiger partial charge on any atom is -0.463 e.